The van der Waals surface area contributed by atoms with Crippen LogP contribution in [0.4, 0.5) is 0 Å². The summed E-state index contributed by atoms with van der Waals surface area (Å²) in [6, 6.07) is 17.7. The van der Waals surface area contributed by atoms with Gasteiger partial charge in [-0.3, -0.25) is 0 Å². The number of rotatable bonds is 9. The molecule has 0 aliphatic rings. The standard InChI is InChI=1S/C20H21N3O2S/c21-12-4-5-16-8-10-17(11-9-16)20-23-22-19(25-20)15-26-14-13-24-18-6-2-1-3-7-18/h1-11H,12-15,21H2/b5-4+. The largest absolute Gasteiger partial charge is 0.493 e. The van der Waals surface area contributed by atoms with Crippen molar-refractivity contribution in [2.24, 2.45) is 5.73 Å². The molecule has 6 heteroatoms. The molecule has 0 aliphatic carbocycles. The van der Waals surface area contributed by atoms with Gasteiger partial charge in [0, 0.05) is 17.9 Å². The van der Waals surface area contributed by atoms with Gasteiger partial charge in [-0.1, -0.05) is 42.5 Å². The van der Waals surface area contributed by atoms with Crippen LogP contribution in [0.25, 0.3) is 17.5 Å². The molecule has 0 saturated heterocycles. The number of para-hydroxylation sites is 1. The average molecular weight is 367 g/mol. The fourth-order valence-corrected chi connectivity index (χ4v) is 2.90. The molecule has 1 aromatic heterocycles. The van der Waals surface area contributed by atoms with E-state index in [-0.39, 0.29) is 0 Å². The highest BCUT2D eigenvalue weighted by molar-refractivity contribution is 7.98. The number of hydrogen-bond acceptors (Lipinski definition) is 6. The summed E-state index contributed by atoms with van der Waals surface area (Å²) >= 11 is 1.70. The Morgan fingerprint density at radius 1 is 1.04 bits per heavy atom. The summed E-state index contributed by atoms with van der Waals surface area (Å²) in [7, 11) is 0. The van der Waals surface area contributed by atoms with Gasteiger partial charge in [0.05, 0.1) is 12.4 Å². The SMILES string of the molecule is NC/C=C/c1ccc(-c2nnc(CSCCOc3ccccc3)o2)cc1. The number of thioether (sulfide) groups is 1. The fourth-order valence-electron chi connectivity index (χ4n) is 2.26. The van der Waals surface area contributed by atoms with E-state index in [2.05, 4.69) is 10.2 Å². The van der Waals surface area contributed by atoms with Gasteiger partial charge in [0.15, 0.2) is 0 Å². The molecule has 3 rings (SSSR count). The smallest absolute Gasteiger partial charge is 0.247 e. The Bertz CT molecular complexity index is 817. The Kier molecular flexibility index (Phi) is 6.87. The van der Waals surface area contributed by atoms with E-state index in [0.29, 0.717) is 30.7 Å². The number of hydrogen-bond donors (Lipinski definition) is 1. The molecule has 2 N–H and O–H groups in total. The average Bonchev–Trinajstić information content (AvgIpc) is 3.16. The first-order chi connectivity index (χ1) is 12.8. The van der Waals surface area contributed by atoms with Crippen LogP contribution >= 0.6 is 11.8 Å². The van der Waals surface area contributed by atoms with Gasteiger partial charge >= 0.3 is 0 Å². The van der Waals surface area contributed by atoms with Gasteiger partial charge in [0.2, 0.25) is 11.8 Å². The summed E-state index contributed by atoms with van der Waals surface area (Å²) in [5.74, 6) is 3.57. The van der Waals surface area contributed by atoms with Gasteiger partial charge in [-0.25, -0.2) is 0 Å². The molecule has 134 valence electrons. The molecule has 0 saturated carbocycles. The molecule has 2 aromatic carbocycles. The van der Waals surface area contributed by atoms with Gasteiger partial charge < -0.3 is 14.9 Å². The van der Waals surface area contributed by atoms with Crippen LogP contribution in [0, 0.1) is 0 Å². The van der Waals surface area contributed by atoms with Crippen molar-refractivity contribution in [1.29, 1.82) is 0 Å². The molecular weight excluding hydrogens is 346 g/mol. The van der Waals surface area contributed by atoms with Crippen LogP contribution in [-0.2, 0) is 5.75 Å². The van der Waals surface area contributed by atoms with Crippen molar-refractivity contribution in [3.63, 3.8) is 0 Å². The van der Waals surface area contributed by atoms with E-state index in [9.17, 15) is 0 Å². The van der Waals surface area contributed by atoms with Crippen LogP contribution in [0.5, 0.6) is 5.75 Å². The summed E-state index contributed by atoms with van der Waals surface area (Å²) in [5, 5.41) is 8.24. The van der Waals surface area contributed by atoms with Crippen LogP contribution in [0.1, 0.15) is 11.5 Å². The molecule has 0 fully saturated rings. The predicted octanol–water partition coefficient (Wildman–Crippen LogP) is 4.02. The lowest BCUT2D eigenvalue weighted by atomic mass is 10.1. The van der Waals surface area contributed by atoms with Gasteiger partial charge in [0.25, 0.3) is 0 Å². The minimum absolute atomic E-state index is 0.531. The fraction of sp³-hybridized carbons (Fsp3) is 0.200. The monoisotopic (exact) mass is 367 g/mol. The first-order valence-corrected chi connectivity index (χ1v) is 9.55. The summed E-state index contributed by atoms with van der Waals surface area (Å²) in [4.78, 5) is 0. The molecular formula is C20H21N3O2S. The zero-order valence-electron chi connectivity index (χ0n) is 14.4. The van der Waals surface area contributed by atoms with Crippen molar-refractivity contribution in [3.05, 3.63) is 72.1 Å². The first kappa shape index (κ1) is 18.2. The zero-order chi connectivity index (χ0) is 18.0. The Labute approximate surface area is 157 Å². The topological polar surface area (TPSA) is 74.2 Å². The molecule has 0 unspecified atom stereocenters. The van der Waals surface area contributed by atoms with Gasteiger partial charge in [-0.05, 0) is 29.8 Å². The summed E-state index contributed by atoms with van der Waals surface area (Å²) < 4.78 is 11.4. The Morgan fingerprint density at radius 2 is 1.85 bits per heavy atom. The highest BCUT2D eigenvalue weighted by Gasteiger charge is 2.08. The van der Waals surface area contributed by atoms with Gasteiger partial charge in [0.1, 0.15) is 5.75 Å². The van der Waals surface area contributed by atoms with Crippen molar-refractivity contribution in [1.82, 2.24) is 10.2 Å². The molecule has 5 nitrogen and oxygen atoms in total. The van der Waals surface area contributed by atoms with E-state index in [0.717, 1.165) is 22.6 Å². The second kappa shape index (κ2) is 9.79. The van der Waals surface area contributed by atoms with E-state index < -0.39 is 0 Å². The third-order valence-corrected chi connectivity index (χ3v) is 4.44. The molecule has 0 radical (unpaired) electrons. The maximum atomic E-state index is 5.73. The summed E-state index contributed by atoms with van der Waals surface area (Å²) in [6.45, 7) is 1.18. The zero-order valence-corrected chi connectivity index (χ0v) is 15.2. The van der Waals surface area contributed by atoms with Crippen LogP contribution in [0.15, 0.2) is 65.1 Å². The molecule has 0 bridgehead atoms. The van der Waals surface area contributed by atoms with Crippen LogP contribution in [0.2, 0.25) is 0 Å². The van der Waals surface area contributed by atoms with E-state index in [1.54, 1.807) is 11.8 Å². The van der Waals surface area contributed by atoms with E-state index in [1.807, 2.05) is 66.7 Å². The van der Waals surface area contributed by atoms with Crippen molar-refractivity contribution >= 4 is 17.8 Å². The molecule has 1 heterocycles. The molecule has 3 aromatic rings. The van der Waals surface area contributed by atoms with Crippen molar-refractivity contribution in [3.8, 4) is 17.2 Å². The van der Waals surface area contributed by atoms with Crippen molar-refractivity contribution in [2.75, 3.05) is 18.9 Å². The van der Waals surface area contributed by atoms with E-state index >= 15 is 0 Å². The highest BCUT2D eigenvalue weighted by atomic mass is 32.2. The normalized spacial score (nSPS) is 11.1. The number of nitrogens with zero attached hydrogens (tertiary/aromatic N) is 2. The van der Waals surface area contributed by atoms with Gasteiger partial charge in [-0.15, -0.1) is 22.0 Å². The Balaban J connectivity index is 1.45. The van der Waals surface area contributed by atoms with Crippen molar-refractivity contribution < 1.29 is 9.15 Å². The number of nitrogens with two attached hydrogens (primary N) is 1. The Morgan fingerprint density at radius 3 is 2.62 bits per heavy atom. The molecule has 0 atom stereocenters. The second-order valence-electron chi connectivity index (χ2n) is 5.48. The Hall–Kier alpha value is -2.57. The summed E-state index contributed by atoms with van der Waals surface area (Å²) in [5.41, 5.74) is 7.46. The lowest BCUT2D eigenvalue weighted by Crippen LogP contribution is -2.00. The summed E-state index contributed by atoms with van der Waals surface area (Å²) in [6.07, 6.45) is 3.90. The molecule has 0 amide bonds. The second-order valence-corrected chi connectivity index (χ2v) is 6.58. The highest BCUT2D eigenvalue weighted by Crippen LogP contribution is 2.21. The molecule has 0 spiro atoms. The molecule has 26 heavy (non-hydrogen) atoms. The number of ether oxygens (including phenoxy) is 1. The van der Waals surface area contributed by atoms with Crippen LogP contribution in [-0.4, -0.2) is 29.1 Å². The maximum Gasteiger partial charge on any atom is 0.247 e. The van der Waals surface area contributed by atoms with E-state index in [4.69, 9.17) is 14.9 Å². The van der Waals surface area contributed by atoms with E-state index in [1.165, 1.54) is 0 Å². The van der Waals surface area contributed by atoms with Crippen molar-refractivity contribution in [2.45, 2.75) is 5.75 Å². The quantitative estimate of drug-likeness (QED) is 0.576. The predicted molar refractivity (Wildman–Crippen MR) is 106 cm³/mol. The van der Waals surface area contributed by atoms with Crippen LogP contribution < -0.4 is 10.5 Å². The molecule has 0 aliphatic heterocycles. The lowest BCUT2D eigenvalue weighted by molar-refractivity contribution is 0.344. The third-order valence-electron chi connectivity index (χ3n) is 3.54. The third kappa shape index (κ3) is 5.47. The number of aromatic nitrogens is 2. The lowest BCUT2D eigenvalue weighted by Gasteiger charge is -2.04. The number of benzene rings is 2. The maximum absolute atomic E-state index is 5.73. The minimum Gasteiger partial charge on any atom is -0.493 e. The van der Waals surface area contributed by atoms with Crippen LogP contribution in [0.3, 0.4) is 0 Å². The minimum atomic E-state index is 0.531. The first-order valence-electron chi connectivity index (χ1n) is 8.40. The van der Waals surface area contributed by atoms with Gasteiger partial charge in [-0.2, -0.15) is 0 Å².